The van der Waals surface area contributed by atoms with Crippen molar-refractivity contribution in [1.29, 1.82) is 0 Å². The lowest BCUT2D eigenvalue weighted by atomic mass is 10.1. The summed E-state index contributed by atoms with van der Waals surface area (Å²) in [5.74, 6) is -0.558. The van der Waals surface area contributed by atoms with Crippen LogP contribution in [0.5, 0.6) is 17.2 Å². The number of esters is 1. The van der Waals surface area contributed by atoms with Gasteiger partial charge in [-0.3, -0.25) is 4.79 Å². The third-order valence-electron chi connectivity index (χ3n) is 3.68. The highest BCUT2D eigenvalue weighted by Gasteiger charge is 2.11. The summed E-state index contributed by atoms with van der Waals surface area (Å²) in [7, 11) is 4.46. The summed E-state index contributed by atoms with van der Waals surface area (Å²) in [6.45, 7) is -0.527. The molecule has 0 radical (unpaired) electrons. The first kappa shape index (κ1) is 22.0. The van der Waals surface area contributed by atoms with E-state index in [1.165, 1.54) is 39.5 Å². The minimum atomic E-state index is -0.742. The van der Waals surface area contributed by atoms with Gasteiger partial charge in [0.2, 0.25) is 0 Å². The Kier molecular flexibility index (Phi) is 7.85. The van der Waals surface area contributed by atoms with E-state index in [0.717, 1.165) is 12.1 Å². The van der Waals surface area contributed by atoms with E-state index in [1.54, 1.807) is 12.1 Å². The van der Waals surface area contributed by atoms with E-state index < -0.39 is 24.3 Å². The lowest BCUT2D eigenvalue weighted by Gasteiger charge is -2.12. The fourth-order valence-corrected chi connectivity index (χ4v) is 2.48. The molecule has 0 heterocycles. The number of halogens is 2. The van der Waals surface area contributed by atoms with Gasteiger partial charge in [-0.05, 0) is 30.3 Å². The van der Waals surface area contributed by atoms with Crippen molar-refractivity contribution in [2.75, 3.05) is 33.3 Å². The van der Waals surface area contributed by atoms with Crippen LogP contribution >= 0.6 is 11.6 Å². The van der Waals surface area contributed by atoms with Gasteiger partial charge < -0.3 is 24.3 Å². The lowest BCUT2D eigenvalue weighted by molar-refractivity contribution is -0.142. The maximum Gasteiger partial charge on any atom is 0.331 e. The van der Waals surface area contributed by atoms with Crippen molar-refractivity contribution in [3.63, 3.8) is 0 Å². The summed E-state index contributed by atoms with van der Waals surface area (Å²) in [6.07, 6.45) is 2.60. The topological polar surface area (TPSA) is 83.1 Å². The number of hydrogen-bond donors (Lipinski definition) is 1. The van der Waals surface area contributed by atoms with Crippen molar-refractivity contribution >= 4 is 35.2 Å². The zero-order chi connectivity index (χ0) is 21.4. The van der Waals surface area contributed by atoms with Gasteiger partial charge in [-0.25, -0.2) is 9.18 Å². The average molecular weight is 424 g/mol. The zero-order valence-corrected chi connectivity index (χ0v) is 16.7. The number of carbonyl (C=O) groups is 2. The van der Waals surface area contributed by atoms with Crippen molar-refractivity contribution < 1.29 is 32.9 Å². The number of nitrogens with one attached hydrogen (secondary N) is 1. The van der Waals surface area contributed by atoms with Gasteiger partial charge in [0.1, 0.15) is 11.6 Å². The van der Waals surface area contributed by atoms with Gasteiger partial charge in [-0.2, -0.15) is 0 Å². The molecule has 0 aliphatic carbocycles. The molecule has 29 heavy (non-hydrogen) atoms. The normalized spacial score (nSPS) is 10.5. The maximum absolute atomic E-state index is 13.1. The van der Waals surface area contributed by atoms with E-state index in [-0.39, 0.29) is 10.7 Å². The van der Waals surface area contributed by atoms with E-state index in [1.807, 2.05) is 0 Å². The molecule has 0 aliphatic rings. The second-order valence-corrected chi connectivity index (χ2v) is 5.97. The Morgan fingerprint density at radius 1 is 1.03 bits per heavy atom. The molecule has 0 aromatic heterocycles. The number of amides is 1. The van der Waals surface area contributed by atoms with Crippen LogP contribution in [0.4, 0.5) is 10.1 Å². The SMILES string of the molecule is COc1cc(OC)c(OC)cc1/C=C/C(=O)OCC(=O)Nc1ccc(F)c(Cl)c1. The number of rotatable bonds is 8. The van der Waals surface area contributed by atoms with Crippen LogP contribution < -0.4 is 19.5 Å². The second kappa shape index (κ2) is 10.3. The summed E-state index contributed by atoms with van der Waals surface area (Å²) in [6, 6.07) is 6.95. The Morgan fingerprint density at radius 3 is 2.31 bits per heavy atom. The van der Waals surface area contributed by atoms with Gasteiger partial charge in [0, 0.05) is 23.4 Å². The summed E-state index contributed by atoms with van der Waals surface area (Å²) in [5, 5.41) is 2.31. The van der Waals surface area contributed by atoms with Crippen LogP contribution in [-0.4, -0.2) is 39.8 Å². The van der Waals surface area contributed by atoms with Crippen molar-refractivity contribution in [3.05, 3.63) is 52.8 Å². The van der Waals surface area contributed by atoms with Crippen molar-refractivity contribution in [2.24, 2.45) is 0 Å². The van der Waals surface area contributed by atoms with Crippen LogP contribution in [0.15, 0.2) is 36.4 Å². The number of carbonyl (C=O) groups excluding carboxylic acids is 2. The molecule has 0 bridgehead atoms. The molecule has 0 saturated heterocycles. The third kappa shape index (κ3) is 6.11. The summed E-state index contributed by atoms with van der Waals surface area (Å²) < 4.78 is 33.7. The van der Waals surface area contributed by atoms with Crippen molar-refractivity contribution in [3.8, 4) is 17.2 Å². The fraction of sp³-hybridized carbons (Fsp3) is 0.200. The molecule has 9 heteroatoms. The number of ether oxygens (including phenoxy) is 4. The number of hydrogen-bond acceptors (Lipinski definition) is 6. The first-order valence-corrected chi connectivity index (χ1v) is 8.65. The Balaban J connectivity index is 1.97. The smallest absolute Gasteiger partial charge is 0.331 e. The Hall–Kier alpha value is -3.26. The van der Waals surface area contributed by atoms with Crippen LogP contribution in [-0.2, 0) is 14.3 Å². The first-order chi connectivity index (χ1) is 13.9. The molecule has 2 aromatic carbocycles. The predicted octanol–water partition coefficient (Wildman–Crippen LogP) is 3.70. The highest BCUT2D eigenvalue weighted by atomic mass is 35.5. The van der Waals surface area contributed by atoms with Gasteiger partial charge in [0.05, 0.1) is 26.4 Å². The van der Waals surface area contributed by atoms with Gasteiger partial charge in [0.15, 0.2) is 18.1 Å². The molecule has 0 spiro atoms. The molecule has 1 amide bonds. The molecule has 0 saturated carbocycles. The Bertz CT molecular complexity index is 931. The molecule has 2 aromatic rings. The van der Waals surface area contributed by atoms with Crippen LogP contribution in [0.25, 0.3) is 6.08 Å². The highest BCUT2D eigenvalue weighted by Crippen LogP contribution is 2.35. The summed E-state index contributed by atoms with van der Waals surface area (Å²) in [4.78, 5) is 23.7. The molecule has 0 aliphatic heterocycles. The minimum absolute atomic E-state index is 0.133. The highest BCUT2D eigenvalue weighted by molar-refractivity contribution is 6.31. The number of benzene rings is 2. The van der Waals surface area contributed by atoms with E-state index in [4.69, 9.17) is 30.5 Å². The Morgan fingerprint density at radius 2 is 1.69 bits per heavy atom. The standard InChI is InChI=1S/C20H19ClFNO6/c1-26-16-10-18(28-3)17(27-2)8-12(16)4-7-20(25)29-11-19(24)23-13-5-6-15(22)14(21)9-13/h4-10H,11H2,1-3H3,(H,23,24)/b7-4+. The van der Waals surface area contributed by atoms with E-state index in [0.29, 0.717) is 22.8 Å². The molecule has 7 nitrogen and oxygen atoms in total. The third-order valence-corrected chi connectivity index (χ3v) is 3.97. The number of methoxy groups -OCH3 is 3. The molecular weight excluding hydrogens is 405 g/mol. The van der Waals surface area contributed by atoms with Gasteiger partial charge in [-0.15, -0.1) is 0 Å². The quantitative estimate of drug-likeness (QED) is 0.515. The average Bonchev–Trinajstić information content (AvgIpc) is 2.72. The fourth-order valence-electron chi connectivity index (χ4n) is 2.30. The van der Waals surface area contributed by atoms with E-state index >= 15 is 0 Å². The summed E-state index contributed by atoms with van der Waals surface area (Å²) in [5.41, 5.74) is 0.829. The molecule has 1 N–H and O–H groups in total. The van der Waals surface area contributed by atoms with Crippen LogP contribution in [0, 0.1) is 5.82 Å². The van der Waals surface area contributed by atoms with Crippen LogP contribution in [0.3, 0.4) is 0 Å². The van der Waals surface area contributed by atoms with Crippen LogP contribution in [0.2, 0.25) is 5.02 Å². The zero-order valence-electron chi connectivity index (χ0n) is 16.0. The molecule has 154 valence electrons. The minimum Gasteiger partial charge on any atom is -0.496 e. The number of anilines is 1. The van der Waals surface area contributed by atoms with E-state index in [2.05, 4.69) is 5.32 Å². The van der Waals surface area contributed by atoms with Crippen molar-refractivity contribution in [2.45, 2.75) is 0 Å². The predicted molar refractivity (Wildman–Crippen MR) is 106 cm³/mol. The first-order valence-electron chi connectivity index (χ1n) is 8.27. The van der Waals surface area contributed by atoms with Gasteiger partial charge in [-0.1, -0.05) is 11.6 Å². The summed E-state index contributed by atoms with van der Waals surface area (Å²) >= 11 is 5.64. The second-order valence-electron chi connectivity index (χ2n) is 5.57. The lowest BCUT2D eigenvalue weighted by Crippen LogP contribution is -2.20. The van der Waals surface area contributed by atoms with Gasteiger partial charge in [0.25, 0.3) is 5.91 Å². The maximum atomic E-state index is 13.1. The van der Waals surface area contributed by atoms with Crippen molar-refractivity contribution in [1.82, 2.24) is 0 Å². The van der Waals surface area contributed by atoms with Crippen LogP contribution in [0.1, 0.15) is 5.56 Å². The molecule has 0 unspecified atom stereocenters. The van der Waals surface area contributed by atoms with E-state index in [9.17, 15) is 14.0 Å². The molecule has 0 fully saturated rings. The largest absolute Gasteiger partial charge is 0.496 e. The molecular formula is C20H19ClFNO6. The Labute approximate surface area is 172 Å². The monoisotopic (exact) mass is 423 g/mol. The molecule has 2 rings (SSSR count). The van der Waals surface area contributed by atoms with Gasteiger partial charge >= 0.3 is 5.97 Å². The molecule has 0 atom stereocenters.